The molecule has 0 aliphatic carbocycles. The largest absolute Gasteiger partial charge is 0.493 e. The molecule has 2 heterocycles. The zero-order valence-electron chi connectivity index (χ0n) is 28.9. The Morgan fingerprint density at radius 2 is 1.40 bits per heavy atom. The summed E-state index contributed by atoms with van der Waals surface area (Å²) in [5, 5.41) is 1.25. The van der Waals surface area contributed by atoms with Gasteiger partial charge in [0.15, 0.2) is 5.78 Å². The fourth-order valence-electron chi connectivity index (χ4n) is 5.99. The van der Waals surface area contributed by atoms with Gasteiger partial charge in [-0.2, -0.15) is 0 Å². The highest BCUT2D eigenvalue weighted by Crippen LogP contribution is 2.46. The molecule has 0 radical (unpaired) electrons. The Balaban J connectivity index is 0.00000520. The molecule has 2 amide bonds. The summed E-state index contributed by atoms with van der Waals surface area (Å²) in [6.07, 6.45) is 0. The van der Waals surface area contributed by atoms with E-state index in [1.54, 1.807) is 0 Å². The molecular formula is C38H47Cl3N4O3. The number of rotatable bonds is 7. The average Bonchev–Trinajstić information content (AvgIpc) is 3.41. The second-order valence-electron chi connectivity index (χ2n) is 14.4. The van der Waals surface area contributed by atoms with Crippen LogP contribution in [0.4, 0.5) is 4.79 Å². The summed E-state index contributed by atoms with van der Waals surface area (Å²) in [6, 6.07) is 20.5. The van der Waals surface area contributed by atoms with Gasteiger partial charge in [-0.25, -0.2) is 4.79 Å². The third kappa shape index (κ3) is 8.36. The normalized spacial score (nSPS) is 18.7. The van der Waals surface area contributed by atoms with Gasteiger partial charge in [-0.15, -0.1) is 12.4 Å². The summed E-state index contributed by atoms with van der Waals surface area (Å²) in [7, 11) is 0. The Labute approximate surface area is 301 Å². The third-order valence-corrected chi connectivity index (χ3v) is 9.43. The lowest BCUT2D eigenvalue weighted by Gasteiger charge is -2.39. The van der Waals surface area contributed by atoms with E-state index in [4.69, 9.17) is 32.9 Å². The molecule has 7 nitrogen and oxygen atoms in total. The van der Waals surface area contributed by atoms with E-state index in [9.17, 15) is 9.59 Å². The van der Waals surface area contributed by atoms with Gasteiger partial charge in [-0.05, 0) is 65.4 Å². The first-order valence-corrected chi connectivity index (χ1v) is 17.1. The topological polar surface area (TPSA) is 65.5 Å². The van der Waals surface area contributed by atoms with E-state index in [1.807, 2.05) is 92.1 Å². The number of halogens is 3. The Hall–Kier alpha value is -3.10. The van der Waals surface area contributed by atoms with Gasteiger partial charge in [0.05, 0.1) is 24.8 Å². The molecule has 258 valence electrons. The molecule has 3 aromatic rings. The Bertz CT molecular complexity index is 1620. The molecule has 1 saturated heterocycles. The number of nitrogens with zero attached hydrogens (tertiary/aromatic N) is 4. The molecule has 0 unspecified atom stereocenters. The van der Waals surface area contributed by atoms with Crippen LogP contribution < -0.4 is 4.74 Å². The van der Waals surface area contributed by atoms with Crippen molar-refractivity contribution < 1.29 is 14.3 Å². The van der Waals surface area contributed by atoms with Crippen molar-refractivity contribution in [1.82, 2.24) is 14.7 Å². The maximum absolute atomic E-state index is 14.8. The minimum atomic E-state index is -0.451. The van der Waals surface area contributed by atoms with Crippen molar-refractivity contribution in [3.63, 3.8) is 0 Å². The van der Waals surface area contributed by atoms with Crippen LogP contribution in [0, 0.1) is 5.41 Å². The van der Waals surface area contributed by atoms with Crippen LogP contribution in [-0.4, -0.2) is 71.7 Å². The molecule has 0 aromatic heterocycles. The lowest BCUT2D eigenvalue weighted by molar-refractivity contribution is -0.127. The first-order chi connectivity index (χ1) is 22.2. The zero-order valence-corrected chi connectivity index (χ0v) is 31.3. The van der Waals surface area contributed by atoms with E-state index >= 15 is 0 Å². The van der Waals surface area contributed by atoms with E-state index in [1.165, 1.54) is 0 Å². The van der Waals surface area contributed by atoms with Gasteiger partial charge in [-0.3, -0.25) is 19.6 Å². The number of amides is 2. The summed E-state index contributed by atoms with van der Waals surface area (Å²) < 4.78 is 6.24. The number of carbonyl (C=O) groups excluding carboxylic acids is 2. The summed E-state index contributed by atoms with van der Waals surface area (Å²) >= 11 is 12.6. The van der Waals surface area contributed by atoms with Gasteiger partial charge in [0.1, 0.15) is 17.6 Å². The number of amidine groups is 1. The van der Waals surface area contributed by atoms with E-state index in [0.717, 1.165) is 22.3 Å². The van der Waals surface area contributed by atoms with Gasteiger partial charge in [0, 0.05) is 41.6 Å². The molecule has 0 N–H and O–H groups in total. The fourth-order valence-corrected chi connectivity index (χ4v) is 6.24. The van der Waals surface area contributed by atoms with Gasteiger partial charge >= 0.3 is 6.03 Å². The fraction of sp³-hybridized carbons (Fsp3) is 0.447. The first kappa shape index (κ1) is 37.7. The summed E-state index contributed by atoms with van der Waals surface area (Å²) in [6.45, 7) is 17.4. The number of carbonyl (C=O) groups is 2. The standard InChI is InChI=1S/C38H46Cl2N4O3.ClH/c1-8-47-31-23-27(37(2,3)4)13-18-30(31)35-41-33(25-9-14-28(39)15-10-25)34(26-11-16-29(40)17-12-26)44(35)36(46)43-21-19-42(20-22-43)24-32(45)38(5,6)7;/h9-18,23,33-34H,8,19-22,24H2,1-7H3;1H/t33-,34+;/m0./s1. The van der Waals surface area contributed by atoms with Gasteiger partial charge in [0.25, 0.3) is 0 Å². The van der Waals surface area contributed by atoms with Crippen molar-refractivity contribution in [2.45, 2.75) is 66.0 Å². The lowest BCUT2D eigenvalue weighted by Crippen LogP contribution is -2.55. The molecule has 1 fully saturated rings. The first-order valence-electron chi connectivity index (χ1n) is 16.4. The number of piperazine rings is 1. The van der Waals surface area contributed by atoms with Crippen LogP contribution in [0.5, 0.6) is 5.75 Å². The van der Waals surface area contributed by atoms with Crippen LogP contribution in [0.1, 0.15) is 82.8 Å². The van der Waals surface area contributed by atoms with Crippen LogP contribution in [-0.2, 0) is 10.2 Å². The molecule has 2 aliphatic rings. The highest BCUT2D eigenvalue weighted by atomic mass is 35.5. The molecule has 5 rings (SSSR count). The maximum Gasteiger partial charge on any atom is 0.326 e. The van der Waals surface area contributed by atoms with Crippen LogP contribution in [0.2, 0.25) is 10.0 Å². The third-order valence-electron chi connectivity index (χ3n) is 8.93. The zero-order chi connectivity index (χ0) is 34.1. The van der Waals surface area contributed by atoms with Crippen molar-refractivity contribution in [2.24, 2.45) is 10.4 Å². The molecule has 3 aromatic carbocycles. The molecule has 0 bridgehead atoms. The van der Waals surface area contributed by atoms with Crippen molar-refractivity contribution in [1.29, 1.82) is 0 Å². The highest BCUT2D eigenvalue weighted by molar-refractivity contribution is 6.30. The van der Waals surface area contributed by atoms with Crippen LogP contribution >= 0.6 is 35.6 Å². The van der Waals surface area contributed by atoms with Crippen molar-refractivity contribution in [3.05, 3.63) is 99.0 Å². The van der Waals surface area contributed by atoms with Crippen molar-refractivity contribution >= 4 is 53.3 Å². The number of hydrogen-bond donors (Lipinski definition) is 0. The maximum atomic E-state index is 14.8. The monoisotopic (exact) mass is 712 g/mol. The smallest absolute Gasteiger partial charge is 0.326 e. The van der Waals surface area contributed by atoms with E-state index in [2.05, 4.69) is 37.8 Å². The highest BCUT2D eigenvalue weighted by Gasteiger charge is 2.45. The Kier molecular flexibility index (Phi) is 11.9. The van der Waals surface area contributed by atoms with E-state index in [-0.39, 0.29) is 29.6 Å². The quantitative estimate of drug-likeness (QED) is 0.245. The molecule has 0 saturated carbocycles. The minimum Gasteiger partial charge on any atom is -0.493 e. The minimum absolute atomic E-state index is 0. The summed E-state index contributed by atoms with van der Waals surface area (Å²) in [4.78, 5) is 38.8. The van der Waals surface area contributed by atoms with E-state index in [0.29, 0.717) is 61.0 Å². The SMILES string of the molecule is CCOc1cc(C(C)(C)C)ccc1C1=N[C@@H](c2ccc(Cl)cc2)[C@@H](c2ccc(Cl)cc2)N1C(=O)N1CCN(CC(=O)C(C)(C)C)CC1.Cl. The summed E-state index contributed by atoms with van der Waals surface area (Å²) in [5.41, 5.74) is 3.25. The van der Waals surface area contributed by atoms with Crippen LogP contribution in [0.15, 0.2) is 71.7 Å². The Morgan fingerprint density at radius 3 is 1.92 bits per heavy atom. The molecule has 10 heteroatoms. The number of ketones is 1. The molecule has 48 heavy (non-hydrogen) atoms. The van der Waals surface area contributed by atoms with Crippen LogP contribution in [0.3, 0.4) is 0 Å². The summed E-state index contributed by atoms with van der Waals surface area (Å²) in [5.74, 6) is 1.44. The number of urea groups is 1. The predicted molar refractivity (Wildman–Crippen MR) is 198 cm³/mol. The second kappa shape index (κ2) is 15.2. The van der Waals surface area contributed by atoms with Crippen molar-refractivity contribution in [3.8, 4) is 5.75 Å². The number of ether oxygens (including phenoxy) is 1. The number of Topliss-reactive ketones (excluding diaryl/α,β-unsaturated/α-hetero) is 1. The van der Waals surface area contributed by atoms with E-state index < -0.39 is 17.5 Å². The number of hydrogen-bond acceptors (Lipinski definition) is 5. The molecular weight excluding hydrogens is 667 g/mol. The molecule has 0 spiro atoms. The number of benzene rings is 3. The molecule has 2 atom stereocenters. The average molecular weight is 714 g/mol. The van der Waals surface area contributed by atoms with Crippen LogP contribution in [0.25, 0.3) is 0 Å². The van der Waals surface area contributed by atoms with Crippen molar-refractivity contribution in [2.75, 3.05) is 39.3 Å². The molecule has 2 aliphatic heterocycles. The Morgan fingerprint density at radius 1 is 0.833 bits per heavy atom. The lowest BCUT2D eigenvalue weighted by atomic mass is 9.86. The van der Waals surface area contributed by atoms with Gasteiger partial charge in [0.2, 0.25) is 0 Å². The number of aliphatic imine (C=N–C) groups is 1. The predicted octanol–water partition coefficient (Wildman–Crippen LogP) is 9.01. The second-order valence-corrected chi connectivity index (χ2v) is 15.3. The van der Waals surface area contributed by atoms with Gasteiger partial charge in [-0.1, -0.05) is 95.1 Å². The van der Waals surface area contributed by atoms with Gasteiger partial charge < -0.3 is 9.64 Å².